The normalized spacial score (nSPS) is 15.8. The Morgan fingerprint density at radius 3 is 1.42 bits per heavy atom. The van der Waals surface area contributed by atoms with E-state index in [2.05, 4.69) is 60.2 Å². The van der Waals surface area contributed by atoms with Gasteiger partial charge in [-0.1, -0.05) is 48.5 Å². The highest BCUT2D eigenvalue weighted by Gasteiger charge is 2.28. The second-order valence-electron chi connectivity index (χ2n) is 5.22. The summed E-state index contributed by atoms with van der Waals surface area (Å²) in [6.07, 6.45) is 0. The van der Waals surface area contributed by atoms with Gasteiger partial charge >= 0.3 is 0 Å². The van der Waals surface area contributed by atoms with Gasteiger partial charge in [0.2, 0.25) is 0 Å². The topological polar surface area (TPSA) is 0 Å². The van der Waals surface area contributed by atoms with Crippen LogP contribution in [0.25, 0.3) is 0 Å². The van der Waals surface area contributed by atoms with E-state index in [-0.39, 0.29) is 0 Å². The predicted octanol–water partition coefficient (Wildman–Crippen LogP) is 4.20. The van der Waals surface area contributed by atoms with Crippen molar-refractivity contribution in [1.82, 2.24) is 0 Å². The standard InChI is InChI=1S/C11H24S/c1-8(2)10(11(5,6)7)12-9(3)4/h8-10H,1-7H3. The summed E-state index contributed by atoms with van der Waals surface area (Å²) in [4.78, 5) is 0. The number of hydrogen-bond donors (Lipinski definition) is 0. The fourth-order valence-electron chi connectivity index (χ4n) is 1.65. The molecule has 0 spiro atoms. The molecule has 1 unspecified atom stereocenters. The molecule has 0 fully saturated rings. The summed E-state index contributed by atoms with van der Waals surface area (Å²) in [5.41, 5.74) is 0.434. The van der Waals surface area contributed by atoms with Gasteiger partial charge in [0.15, 0.2) is 0 Å². The molecule has 0 heterocycles. The molecule has 0 saturated carbocycles. The summed E-state index contributed by atoms with van der Waals surface area (Å²) in [6.45, 7) is 16.2. The fraction of sp³-hybridized carbons (Fsp3) is 1.00. The van der Waals surface area contributed by atoms with Gasteiger partial charge in [-0.3, -0.25) is 0 Å². The van der Waals surface area contributed by atoms with E-state index in [1.54, 1.807) is 0 Å². The molecule has 74 valence electrons. The maximum absolute atomic E-state index is 2.34. The van der Waals surface area contributed by atoms with Gasteiger partial charge in [-0.25, -0.2) is 0 Å². The monoisotopic (exact) mass is 188 g/mol. The zero-order chi connectivity index (χ0) is 9.94. The van der Waals surface area contributed by atoms with Gasteiger partial charge in [-0.15, -0.1) is 0 Å². The van der Waals surface area contributed by atoms with Crippen LogP contribution in [0, 0.1) is 11.3 Å². The van der Waals surface area contributed by atoms with Crippen molar-refractivity contribution in [1.29, 1.82) is 0 Å². The highest BCUT2D eigenvalue weighted by molar-refractivity contribution is 8.00. The van der Waals surface area contributed by atoms with Crippen LogP contribution < -0.4 is 0 Å². The first kappa shape index (κ1) is 12.3. The molecular weight excluding hydrogens is 164 g/mol. The third kappa shape index (κ3) is 4.39. The minimum Gasteiger partial charge on any atom is -0.155 e. The summed E-state index contributed by atoms with van der Waals surface area (Å²) in [7, 11) is 0. The average molecular weight is 188 g/mol. The number of hydrogen-bond acceptors (Lipinski definition) is 1. The average Bonchev–Trinajstić information content (AvgIpc) is 1.79. The van der Waals surface area contributed by atoms with Crippen molar-refractivity contribution in [2.45, 2.75) is 59.0 Å². The molecule has 0 nitrogen and oxygen atoms in total. The SMILES string of the molecule is CC(C)SC(C(C)C)C(C)(C)C. The Labute approximate surface area is 82.5 Å². The van der Waals surface area contributed by atoms with Gasteiger partial charge in [0.05, 0.1) is 0 Å². The van der Waals surface area contributed by atoms with E-state index >= 15 is 0 Å². The molecule has 1 heteroatoms. The van der Waals surface area contributed by atoms with Gasteiger partial charge in [0.1, 0.15) is 0 Å². The van der Waals surface area contributed by atoms with Gasteiger partial charge in [0.25, 0.3) is 0 Å². The molecule has 12 heavy (non-hydrogen) atoms. The summed E-state index contributed by atoms with van der Waals surface area (Å²) in [6, 6.07) is 0. The maximum atomic E-state index is 2.34. The van der Waals surface area contributed by atoms with Crippen LogP contribution in [0.2, 0.25) is 0 Å². The lowest BCUT2D eigenvalue weighted by Gasteiger charge is -2.34. The van der Waals surface area contributed by atoms with E-state index in [0.29, 0.717) is 5.41 Å². The first-order valence-electron chi connectivity index (χ1n) is 4.90. The molecule has 0 radical (unpaired) electrons. The van der Waals surface area contributed by atoms with E-state index < -0.39 is 0 Å². The van der Waals surface area contributed by atoms with E-state index in [1.807, 2.05) is 0 Å². The molecule has 0 amide bonds. The Bertz CT molecular complexity index is 119. The molecule has 0 aromatic heterocycles. The van der Waals surface area contributed by atoms with E-state index in [4.69, 9.17) is 0 Å². The van der Waals surface area contributed by atoms with Gasteiger partial charge in [-0.2, -0.15) is 11.8 Å². The molecule has 0 aromatic carbocycles. The third-order valence-electron chi connectivity index (χ3n) is 1.88. The molecule has 0 N–H and O–H groups in total. The van der Waals surface area contributed by atoms with Crippen LogP contribution in [0.3, 0.4) is 0 Å². The summed E-state index contributed by atoms with van der Waals surface area (Å²) < 4.78 is 0. The third-order valence-corrected chi connectivity index (χ3v) is 3.97. The van der Waals surface area contributed by atoms with Gasteiger partial charge in [0, 0.05) is 5.25 Å². The zero-order valence-electron chi connectivity index (χ0n) is 9.64. The van der Waals surface area contributed by atoms with Crippen molar-refractivity contribution < 1.29 is 0 Å². The first-order valence-corrected chi connectivity index (χ1v) is 5.85. The Morgan fingerprint density at radius 1 is 0.917 bits per heavy atom. The van der Waals surface area contributed by atoms with Crippen LogP contribution >= 0.6 is 11.8 Å². The zero-order valence-corrected chi connectivity index (χ0v) is 10.5. The van der Waals surface area contributed by atoms with E-state index in [9.17, 15) is 0 Å². The molecular formula is C11H24S. The Hall–Kier alpha value is 0.350. The highest BCUT2D eigenvalue weighted by Crippen LogP contribution is 2.37. The van der Waals surface area contributed by atoms with Crippen molar-refractivity contribution in [2.24, 2.45) is 11.3 Å². The highest BCUT2D eigenvalue weighted by atomic mass is 32.2. The van der Waals surface area contributed by atoms with Crippen LogP contribution in [0.5, 0.6) is 0 Å². The second-order valence-corrected chi connectivity index (χ2v) is 6.94. The maximum Gasteiger partial charge on any atom is 0.0121 e. The Morgan fingerprint density at radius 2 is 1.33 bits per heavy atom. The summed E-state index contributed by atoms with van der Waals surface area (Å²) >= 11 is 2.11. The largest absolute Gasteiger partial charge is 0.155 e. The van der Waals surface area contributed by atoms with Crippen molar-refractivity contribution in [3.63, 3.8) is 0 Å². The predicted molar refractivity (Wildman–Crippen MR) is 60.8 cm³/mol. The number of thioether (sulfide) groups is 1. The van der Waals surface area contributed by atoms with Crippen LogP contribution in [-0.4, -0.2) is 10.5 Å². The second kappa shape index (κ2) is 4.55. The Kier molecular flexibility index (Phi) is 4.68. The first-order chi connectivity index (χ1) is 5.25. The molecule has 0 rings (SSSR count). The van der Waals surface area contributed by atoms with E-state index in [0.717, 1.165) is 16.4 Å². The van der Waals surface area contributed by atoms with E-state index in [1.165, 1.54) is 0 Å². The number of rotatable bonds is 3. The van der Waals surface area contributed by atoms with Crippen LogP contribution in [0.15, 0.2) is 0 Å². The molecule has 1 atom stereocenters. The summed E-state index contributed by atoms with van der Waals surface area (Å²) in [5.74, 6) is 0.775. The molecule has 0 aliphatic carbocycles. The van der Waals surface area contributed by atoms with Crippen molar-refractivity contribution in [2.75, 3.05) is 0 Å². The lowest BCUT2D eigenvalue weighted by molar-refractivity contribution is 0.335. The van der Waals surface area contributed by atoms with Crippen LogP contribution in [-0.2, 0) is 0 Å². The van der Waals surface area contributed by atoms with Crippen molar-refractivity contribution in [3.8, 4) is 0 Å². The minimum absolute atomic E-state index is 0.434. The molecule has 0 aromatic rings. The Balaban J connectivity index is 4.25. The lowest BCUT2D eigenvalue weighted by Crippen LogP contribution is -2.29. The van der Waals surface area contributed by atoms with Gasteiger partial charge < -0.3 is 0 Å². The molecule has 0 saturated heterocycles. The summed E-state index contributed by atoms with van der Waals surface area (Å²) in [5, 5.41) is 1.52. The van der Waals surface area contributed by atoms with Crippen molar-refractivity contribution in [3.05, 3.63) is 0 Å². The molecule has 0 aliphatic heterocycles. The minimum atomic E-state index is 0.434. The lowest BCUT2D eigenvalue weighted by atomic mass is 9.85. The van der Waals surface area contributed by atoms with Crippen molar-refractivity contribution >= 4 is 11.8 Å². The molecule has 0 bridgehead atoms. The molecule has 0 aliphatic rings. The quantitative estimate of drug-likeness (QED) is 0.639. The van der Waals surface area contributed by atoms with Gasteiger partial charge in [-0.05, 0) is 16.6 Å². The smallest absolute Gasteiger partial charge is 0.0121 e. The van der Waals surface area contributed by atoms with Crippen LogP contribution in [0.1, 0.15) is 48.5 Å². The van der Waals surface area contributed by atoms with Crippen LogP contribution in [0.4, 0.5) is 0 Å². The fourth-order valence-corrected chi connectivity index (χ4v) is 2.96.